The lowest BCUT2D eigenvalue weighted by molar-refractivity contribution is -0.120. The van der Waals surface area contributed by atoms with Crippen LogP contribution in [0.1, 0.15) is 25.5 Å². The molecule has 1 aromatic carbocycles. The molecule has 1 aliphatic rings. The van der Waals surface area contributed by atoms with Gasteiger partial charge in [-0.05, 0) is 44.9 Å². The third-order valence-electron chi connectivity index (χ3n) is 4.34. The van der Waals surface area contributed by atoms with Crippen LogP contribution in [0.3, 0.4) is 0 Å². The highest BCUT2D eigenvalue weighted by atomic mass is 16.5. The third-order valence-corrected chi connectivity index (χ3v) is 4.34. The summed E-state index contributed by atoms with van der Waals surface area (Å²) in [6, 6.07) is 9.41. The highest BCUT2D eigenvalue weighted by Gasteiger charge is 2.26. The second-order valence-electron chi connectivity index (χ2n) is 6.21. The summed E-state index contributed by atoms with van der Waals surface area (Å²) in [4.78, 5) is 23.5. The predicted molar refractivity (Wildman–Crippen MR) is 97.9 cm³/mol. The number of aryl methyl sites for hydroxylation is 1. The Labute approximate surface area is 148 Å². The zero-order valence-corrected chi connectivity index (χ0v) is 14.7. The monoisotopic (exact) mass is 340 g/mol. The molecule has 0 radical (unpaired) electrons. The minimum absolute atomic E-state index is 0.0109. The number of amides is 1. The summed E-state index contributed by atoms with van der Waals surface area (Å²) < 4.78 is 5.47. The van der Waals surface area contributed by atoms with Crippen molar-refractivity contribution >= 4 is 17.5 Å². The maximum Gasteiger partial charge on any atom is 0.227 e. The first-order chi connectivity index (χ1) is 12.2. The summed E-state index contributed by atoms with van der Waals surface area (Å²) in [5, 5.41) is 3.01. The molecule has 0 saturated carbocycles. The molecular weight excluding hydrogens is 316 g/mol. The zero-order chi connectivity index (χ0) is 17.6. The van der Waals surface area contributed by atoms with Gasteiger partial charge in [0, 0.05) is 42.7 Å². The van der Waals surface area contributed by atoms with Crippen LogP contribution in [0.5, 0.6) is 5.75 Å². The fraction of sp³-hybridized carbons (Fsp3) is 0.421. The Morgan fingerprint density at radius 2 is 2.12 bits per heavy atom. The molecule has 1 saturated heterocycles. The Bertz CT molecular complexity index is 727. The molecule has 1 N–H and O–H groups in total. The summed E-state index contributed by atoms with van der Waals surface area (Å²) in [6.45, 7) is 6.09. The Morgan fingerprint density at radius 3 is 2.84 bits per heavy atom. The van der Waals surface area contributed by atoms with Crippen LogP contribution in [0.2, 0.25) is 0 Å². The van der Waals surface area contributed by atoms with Crippen LogP contribution < -0.4 is 15.0 Å². The molecule has 0 bridgehead atoms. The van der Waals surface area contributed by atoms with E-state index in [0.29, 0.717) is 6.61 Å². The average molecular weight is 340 g/mol. The molecule has 1 aliphatic heterocycles. The number of carbonyl (C=O) groups is 1. The van der Waals surface area contributed by atoms with Crippen molar-refractivity contribution in [3.05, 3.63) is 42.2 Å². The Morgan fingerprint density at radius 1 is 1.32 bits per heavy atom. The SMILES string of the molecule is CCOc1cccc(NC(=O)C2CCN(c3nccc(C)n3)CC2)c1. The molecule has 1 fully saturated rings. The number of nitrogens with zero attached hydrogens (tertiary/aromatic N) is 3. The third kappa shape index (κ3) is 4.47. The maximum atomic E-state index is 12.5. The Balaban J connectivity index is 1.55. The molecule has 0 unspecified atom stereocenters. The van der Waals surface area contributed by atoms with Gasteiger partial charge in [0.15, 0.2) is 0 Å². The second kappa shape index (κ2) is 7.96. The van der Waals surface area contributed by atoms with E-state index < -0.39 is 0 Å². The summed E-state index contributed by atoms with van der Waals surface area (Å²) in [6.07, 6.45) is 3.38. The van der Waals surface area contributed by atoms with Crippen molar-refractivity contribution in [1.29, 1.82) is 0 Å². The summed E-state index contributed by atoms with van der Waals surface area (Å²) >= 11 is 0. The van der Waals surface area contributed by atoms with Crippen molar-refractivity contribution in [3.8, 4) is 5.75 Å². The standard InChI is InChI=1S/C19H24N4O2/c1-3-25-17-6-4-5-16(13-17)22-18(24)15-8-11-23(12-9-15)19-20-10-7-14(2)21-19/h4-7,10,13,15H,3,8-9,11-12H2,1-2H3,(H,22,24). The minimum Gasteiger partial charge on any atom is -0.494 e. The first-order valence-corrected chi connectivity index (χ1v) is 8.74. The minimum atomic E-state index is 0.0109. The fourth-order valence-corrected chi connectivity index (χ4v) is 3.00. The van der Waals surface area contributed by atoms with E-state index in [1.54, 1.807) is 6.20 Å². The number of carbonyl (C=O) groups excluding carboxylic acids is 1. The van der Waals surface area contributed by atoms with Crippen LogP contribution >= 0.6 is 0 Å². The molecule has 2 aromatic rings. The quantitative estimate of drug-likeness (QED) is 0.906. The highest BCUT2D eigenvalue weighted by Crippen LogP contribution is 2.23. The number of hydrogen-bond acceptors (Lipinski definition) is 5. The number of hydrogen-bond donors (Lipinski definition) is 1. The lowest BCUT2D eigenvalue weighted by atomic mass is 9.96. The van der Waals surface area contributed by atoms with E-state index in [1.165, 1.54) is 0 Å². The van der Waals surface area contributed by atoms with Gasteiger partial charge in [0.25, 0.3) is 0 Å². The van der Waals surface area contributed by atoms with Gasteiger partial charge in [-0.1, -0.05) is 6.07 Å². The molecule has 6 heteroatoms. The summed E-state index contributed by atoms with van der Waals surface area (Å²) in [7, 11) is 0. The van der Waals surface area contributed by atoms with Crippen molar-refractivity contribution in [2.45, 2.75) is 26.7 Å². The molecule has 0 atom stereocenters. The van der Waals surface area contributed by atoms with Crippen molar-refractivity contribution < 1.29 is 9.53 Å². The molecule has 0 spiro atoms. The molecular formula is C19H24N4O2. The van der Waals surface area contributed by atoms with Gasteiger partial charge >= 0.3 is 0 Å². The van der Waals surface area contributed by atoms with Crippen molar-refractivity contribution in [1.82, 2.24) is 9.97 Å². The summed E-state index contributed by atoms with van der Waals surface area (Å²) in [5.74, 6) is 1.60. The predicted octanol–water partition coefficient (Wildman–Crippen LogP) is 3.04. The van der Waals surface area contributed by atoms with Gasteiger partial charge in [-0.25, -0.2) is 9.97 Å². The largest absolute Gasteiger partial charge is 0.494 e. The number of aromatic nitrogens is 2. The lowest BCUT2D eigenvalue weighted by Crippen LogP contribution is -2.39. The van der Waals surface area contributed by atoms with Gasteiger partial charge in [-0.3, -0.25) is 4.79 Å². The lowest BCUT2D eigenvalue weighted by Gasteiger charge is -2.31. The van der Waals surface area contributed by atoms with Crippen LogP contribution in [0.4, 0.5) is 11.6 Å². The van der Waals surface area contributed by atoms with Crippen molar-refractivity contribution in [2.75, 3.05) is 29.9 Å². The molecule has 1 amide bonds. The van der Waals surface area contributed by atoms with Gasteiger partial charge in [0.1, 0.15) is 5.75 Å². The smallest absolute Gasteiger partial charge is 0.227 e. The molecule has 1 aromatic heterocycles. The molecule has 2 heterocycles. The van der Waals surface area contributed by atoms with E-state index >= 15 is 0 Å². The van der Waals surface area contributed by atoms with E-state index in [2.05, 4.69) is 20.2 Å². The number of ether oxygens (including phenoxy) is 1. The highest BCUT2D eigenvalue weighted by molar-refractivity contribution is 5.92. The van der Waals surface area contributed by atoms with E-state index in [-0.39, 0.29) is 11.8 Å². The molecule has 3 rings (SSSR count). The van der Waals surface area contributed by atoms with Crippen LogP contribution in [0.25, 0.3) is 0 Å². The van der Waals surface area contributed by atoms with E-state index in [9.17, 15) is 4.79 Å². The molecule has 132 valence electrons. The van der Waals surface area contributed by atoms with E-state index in [0.717, 1.165) is 49.0 Å². The first-order valence-electron chi connectivity index (χ1n) is 8.74. The zero-order valence-electron chi connectivity index (χ0n) is 14.7. The molecule has 25 heavy (non-hydrogen) atoms. The summed E-state index contributed by atoms with van der Waals surface area (Å²) in [5.41, 5.74) is 1.74. The van der Waals surface area contributed by atoms with Gasteiger partial charge in [-0.2, -0.15) is 0 Å². The molecule has 0 aliphatic carbocycles. The topological polar surface area (TPSA) is 67.3 Å². The number of piperidine rings is 1. The first kappa shape index (κ1) is 17.2. The van der Waals surface area contributed by atoms with Crippen LogP contribution in [0, 0.1) is 12.8 Å². The van der Waals surface area contributed by atoms with Crippen LogP contribution in [0.15, 0.2) is 36.5 Å². The van der Waals surface area contributed by atoms with Crippen molar-refractivity contribution in [2.24, 2.45) is 5.92 Å². The second-order valence-corrected chi connectivity index (χ2v) is 6.21. The number of anilines is 2. The van der Waals surface area contributed by atoms with Crippen LogP contribution in [-0.2, 0) is 4.79 Å². The maximum absolute atomic E-state index is 12.5. The fourth-order valence-electron chi connectivity index (χ4n) is 3.00. The Kier molecular flexibility index (Phi) is 5.48. The van der Waals surface area contributed by atoms with Crippen LogP contribution in [-0.4, -0.2) is 35.6 Å². The van der Waals surface area contributed by atoms with Gasteiger partial charge in [0.2, 0.25) is 11.9 Å². The average Bonchev–Trinajstić information content (AvgIpc) is 2.62. The van der Waals surface area contributed by atoms with E-state index in [1.807, 2.05) is 44.2 Å². The van der Waals surface area contributed by atoms with Gasteiger partial charge in [0.05, 0.1) is 6.61 Å². The molecule has 6 nitrogen and oxygen atoms in total. The normalized spacial score (nSPS) is 15.0. The number of nitrogens with one attached hydrogen (secondary N) is 1. The number of rotatable bonds is 5. The van der Waals surface area contributed by atoms with E-state index in [4.69, 9.17) is 4.74 Å². The van der Waals surface area contributed by atoms with Gasteiger partial charge in [-0.15, -0.1) is 0 Å². The van der Waals surface area contributed by atoms with Crippen molar-refractivity contribution in [3.63, 3.8) is 0 Å². The Hall–Kier alpha value is -2.63. The number of benzene rings is 1. The van der Waals surface area contributed by atoms with Gasteiger partial charge < -0.3 is 15.0 Å².